The van der Waals surface area contributed by atoms with Gasteiger partial charge in [0.2, 0.25) is 5.54 Å². The first-order valence-electron chi connectivity index (χ1n) is 5.25. The third kappa shape index (κ3) is 3.64. The van der Waals surface area contributed by atoms with Crippen LogP contribution in [0, 0.1) is 0 Å². The number of carbonyl (C=O) groups is 3. The van der Waals surface area contributed by atoms with Crippen LogP contribution < -0.4 is 23.2 Å². The Balaban J connectivity index is 5.09. The smallest absolute Gasteiger partial charge is 0.337 e. The standard InChI is InChI=1S/C8H16F2N6O4/c9-4(10)8(5(17)18,16(14)7(12)20)2-1-3-15(13)6(11)19/h4H,1-3,13-14H2,(H2,11,19)(H2,12,20)(H,17,18). The van der Waals surface area contributed by atoms with E-state index in [1.54, 1.807) is 0 Å². The van der Waals surface area contributed by atoms with Crippen LogP contribution in [0.5, 0.6) is 0 Å². The third-order valence-electron chi connectivity index (χ3n) is 2.64. The molecule has 1 unspecified atom stereocenters. The maximum Gasteiger partial charge on any atom is 0.337 e. The van der Waals surface area contributed by atoms with E-state index in [2.05, 4.69) is 0 Å². The van der Waals surface area contributed by atoms with Crippen LogP contribution in [0.4, 0.5) is 18.4 Å². The lowest BCUT2D eigenvalue weighted by Crippen LogP contribution is -2.66. The van der Waals surface area contributed by atoms with Gasteiger partial charge in [-0.1, -0.05) is 0 Å². The molecule has 0 aliphatic heterocycles. The molecule has 0 rings (SSSR count). The van der Waals surface area contributed by atoms with Gasteiger partial charge in [-0.3, -0.25) is 5.01 Å². The molecule has 0 aromatic carbocycles. The summed E-state index contributed by atoms with van der Waals surface area (Å²) in [6, 6.07) is -2.56. The summed E-state index contributed by atoms with van der Waals surface area (Å²) in [6.07, 6.45) is -4.57. The van der Waals surface area contributed by atoms with Gasteiger partial charge >= 0.3 is 18.0 Å². The molecule has 9 N–H and O–H groups in total. The van der Waals surface area contributed by atoms with Crippen molar-refractivity contribution in [1.82, 2.24) is 10.0 Å². The first-order valence-corrected chi connectivity index (χ1v) is 5.25. The Morgan fingerprint density at radius 3 is 1.95 bits per heavy atom. The van der Waals surface area contributed by atoms with Gasteiger partial charge in [0.25, 0.3) is 6.43 Å². The highest BCUT2D eigenvalue weighted by Gasteiger charge is 2.53. The van der Waals surface area contributed by atoms with Crippen LogP contribution in [-0.2, 0) is 4.79 Å². The van der Waals surface area contributed by atoms with E-state index in [1.807, 2.05) is 0 Å². The van der Waals surface area contributed by atoms with E-state index in [0.717, 1.165) is 0 Å². The van der Waals surface area contributed by atoms with Crippen molar-refractivity contribution in [2.45, 2.75) is 24.8 Å². The van der Waals surface area contributed by atoms with E-state index in [0.29, 0.717) is 5.01 Å². The zero-order valence-electron chi connectivity index (χ0n) is 10.3. The molecular formula is C8H16F2N6O4. The summed E-state index contributed by atoms with van der Waals surface area (Å²) < 4.78 is 26.1. The summed E-state index contributed by atoms with van der Waals surface area (Å²) in [7, 11) is 0. The fraction of sp³-hybridized carbons (Fsp3) is 0.625. The number of carboxylic acids is 1. The van der Waals surface area contributed by atoms with E-state index in [4.69, 9.17) is 28.3 Å². The topological polar surface area (TPSA) is 182 Å². The Morgan fingerprint density at radius 1 is 1.15 bits per heavy atom. The number of amides is 4. The van der Waals surface area contributed by atoms with Crippen molar-refractivity contribution in [3.05, 3.63) is 0 Å². The molecule has 0 saturated heterocycles. The van der Waals surface area contributed by atoms with Crippen LogP contribution in [0.2, 0.25) is 0 Å². The first kappa shape index (κ1) is 17.8. The molecule has 0 saturated carbocycles. The average Bonchev–Trinajstić information content (AvgIpc) is 2.32. The molecule has 0 fully saturated rings. The number of hydrogen-bond acceptors (Lipinski definition) is 5. The second kappa shape index (κ2) is 6.81. The highest BCUT2D eigenvalue weighted by atomic mass is 19.3. The van der Waals surface area contributed by atoms with Crippen LogP contribution in [0.1, 0.15) is 12.8 Å². The Hall–Kier alpha value is -2.21. The van der Waals surface area contributed by atoms with Gasteiger partial charge in [-0.15, -0.1) is 0 Å². The van der Waals surface area contributed by atoms with Crippen molar-refractivity contribution in [3.63, 3.8) is 0 Å². The zero-order valence-corrected chi connectivity index (χ0v) is 10.3. The molecular weight excluding hydrogens is 282 g/mol. The molecule has 0 radical (unpaired) electrons. The molecule has 4 amide bonds. The van der Waals surface area contributed by atoms with Crippen LogP contribution in [0.3, 0.4) is 0 Å². The quantitative estimate of drug-likeness (QED) is 0.213. The fourth-order valence-corrected chi connectivity index (χ4v) is 1.46. The van der Waals surface area contributed by atoms with Gasteiger partial charge in [-0.25, -0.2) is 39.9 Å². The first-order chi connectivity index (χ1) is 9.07. The number of halogens is 2. The Morgan fingerprint density at radius 2 is 1.65 bits per heavy atom. The van der Waals surface area contributed by atoms with Crippen molar-refractivity contribution in [2.24, 2.45) is 23.2 Å². The number of nitrogens with zero attached hydrogens (tertiary/aromatic N) is 2. The minimum atomic E-state index is -3.50. The molecule has 0 aliphatic carbocycles. The van der Waals surface area contributed by atoms with E-state index < -0.39 is 36.4 Å². The third-order valence-corrected chi connectivity index (χ3v) is 2.64. The van der Waals surface area contributed by atoms with Crippen molar-refractivity contribution in [3.8, 4) is 0 Å². The highest BCUT2D eigenvalue weighted by molar-refractivity contribution is 5.85. The molecule has 0 aromatic heterocycles. The number of alkyl halides is 2. The monoisotopic (exact) mass is 298 g/mol. The Bertz CT molecular complexity index is 395. The summed E-state index contributed by atoms with van der Waals surface area (Å²) in [5.74, 6) is 8.13. The van der Waals surface area contributed by atoms with E-state index in [-0.39, 0.29) is 18.0 Å². The minimum Gasteiger partial charge on any atom is -0.479 e. The lowest BCUT2D eigenvalue weighted by atomic mass is 9.93. The number of primary amides is 2. The average molecular weight is 298 g/mol. The molecule has 0 bridgehead atoms. The minimum absolute atomic E-state index is 0.245. The Labute approximate surface area is 112 Å². The maximum absolute atomic E-state index is 13.1. The van der Waals surface area contributed by atoms with E-state index in [1.165, 1.54) is 0 Å². The predicted octanol–water partition coefficient (Wildman–Crippen LogP) is -1.64. The molecule has 10 nitrogen and oxygen atoms in total. The second-order valence-corrected chi connectivity index (χ2v) is 3.87. The van der Waals surface area contributed by atoms with Gasteiger partial charge in [0.05, 0.1) is 0 Å². The summed E-state index contributed by atoms with van der Waals surface area (Å²) in [5.41, 5.74) is 6.53. The molecule has 12 heteroatoms. The molecule has 1 atom stereocenters. The molecule has 0 heterocycles. The number of rotatable bonds is 7. The summed E-state index contributed by atoms with van der Waals surface area (Å²) in [4.78, 5) is 32.6. The molecule has 0 aliphatic rings. The molecule has 116 valence electrons. The van der Waals surface area contributed by atoms with Crippen LogP contribution in [-0.4, -0.2) is 51.7 Å². The number of hydrogen-bond donors (Lipinski definition) is 5. The van der Waals surface area contributed by atoms with Gasteiger partial charge in [0.15, 0.2) is 0 Å². The normalized spacial score (nSPS) is 13.7. The number of carboxylic acid groups (broad SMARTS) is 1. The number of hydrazine groups is 2. The van der Waals surface area contributed by atoms with E-state index in [9.17, 15) is 23.2 Å². The van der Waals surface area contributed by atoms with E-state index >= 15 is 0 Å². The molecule has 0 aromatic rings. The van der Waals surface area contributed by atoms with Crippen molar-refractivity contribution < 1.29 is 28.3 Å². The Kier molecular flexibility index (Phi) is 6.06. The summed E-state index contributed by atoms with van der Waals surface area (Å²) >= 11 is 0. The largest absolute Gasteiger partial charge is 0.479 e. The zero-order chi connectivity index (χ0) is 16.1. The van der Waals surface area contributed by atoms with Crippen molar-refractivity contribution >= 4 is 18.0 Å². The van der Waals surface area contributed by atoms with Gasteiger partial charge in [-0.05, 0) is 12.8 Å². The predicted molar refractivity (Wildman–Crippen MR) is 61.7 cm³/mol. The molecule has 0 spiro atoms. The van der Waals surface area contributed by atoms with Crippen molar-refractivity contribution in [1.29, 1.82) is 0 Å². The molecule has 20 heavy (non-hydrogen) atoms. The number of carbonyl (C=O) groups excluding carboxylic acids is 2. The summed E-state index contributed by atoms with van der Waals surface area (Å²) in [5, 5.41) is 9.20. The van der Waals surface area contributed by atoms with Crippen LogP contribution in [0.25, 0.3) is 0 Å². The van der Waals surface area contributed by atoms with Gasteiger partial charge < -0.3 is 16.6 Å². The highest BCUT2D eigenvalue weighted by Crippen LogP contribution is 2.27. The number of urea groups is 2. The fourth-order valence-electron chi connectivity index (χ4n) is 1.46. The number of nitrogens with two attached hydrogens (primary N) is 4. The number of aliphatic carboxylic acids is 1. The van der Waals surface area contributed by atoms with Gasteiger partial charge in [-0.2, -0.15) is 0 Å². The van der Waals surface area contributed by atoms with Crippen LogP contribution >= 0.6 is 0 Å². The van der Waals surface area contributed by atoms with Crippen molar-refractivity contribution in [2.75, 3.05) is 6.54 Å². The van der Waals surface area contributed by atoms with Crippen LogP contribution in [0.15, 0.2) is 0 Å². The van der Waals surface area contributed by atoms with Gasteiger partial charge in [0, 0.05) is 6.54 Å². The maximum atomic E-state index is 13.1. The lowest BCUT2D eigenvalue weighted by molar-refractivity contribution is -0.161. The lowest BCUT2D eigenvalue weighted by Gasteiger charge is -2.35. The SMILES string of the molecule is NC(=O)N(N)CCCC(C(=O)O)(C(F)F)N(N)C(N)=O. The van der Waals surface area contributed by atoms with Gasteiger partial charge in [0.1, 0.15) is 0 Å². The summed E-state index contributed by atoms with van der Waals surface area (Å²) in [6.45, 7) is -0.302. The second-order valence-electron chi connectivity index (χ2n) is 3.87.